The van der Waals surface area contributed by atoms with Crippen molar-refractivity contribution in [2.24, 2.45) is 0 Å². The molecule has 0 saturated carbocycles. The first-order valence-electron chi connectivity index (χ1n) is 11.6. The van der Waals surface area contributed by atoms with Gasteiger partial charge in [-0.1, -0.05) is 25.1 Å². The number of fused-ring (bicyclic) bond motifs is 1. The van der Waals surface area contributed by atoms with Crippen molar-refractivity contribution in [1.29, 1.82) is 0 Å². The highest BCUT2D eigenvalue weighted by Crippen LogP contribution is 2.25. The fourth-order valence-corrected chi connectivity index (χ4v) is 4.07. The molecule has 33 heavy (non-hydrogen) atoms. The number of aryl methyl sites for hydroxylation is 1. The van der Waals surface area contributed by atoms with E-state index in [-0.39, 0.29) is 12.0 Å². The van der Waals surface area contributed by atoms with Crippen LogP contribution >= 0.6 is 0 Å². The first-order chi connectivity index (χ1) is 15.7. The Morgan fingerprint density at radius 1 is 0.939 bits per heavy atom. The van der Waals surface area contributed by atoms with Gasteiger partial charge >= 0.3 is 6.09 Å². The molecule has 1 aromatic heterocycles. The fourth-order valence-electron chi connectivity index (χ4n) is 4.07. The zero-order valence-electron chi connectivity index (χ0n) is 19.9. The number of benzene rings is 2. The average Bonchev–Trinajstić information content (AvgIpc) is 3.20. The highest BCUT2D eigenvalue weighted by atomic mass is 16.6. The van der Waals surface area contributed by atoms with Gasteiger partial charge in [0.25, 0.3) is 5.91 Å². The smallest absolute Gasteiger partial charge is 0.410 e. The topological polar surface area (TPSA) is 67.7 Å². The molecule has 7 nitrogen and oxygen atoms in total. The fraction of sp³-hybridized carbons (Fsp3) is 0.423. The standard InChI is InChI=1S/C26H32N4O3/c1-5-12-30-18-27-22-17-21(10-11-23(22)30)19-6-8-20(9-7-19)24(31)28-13-15-29(16-14-28)25(32)33-26(2,3)4/h6-11,17-18H,5,12-16H2,1-4H3. The number of hydrogen-bond acceptors (Lipinski definition) is 4. The van der Waals surface area contributed by atoms with Gasteiger partial charge in [0.15, 0.2) is 0 Å². The van der Waals surface area contributed by atoms with Crippen LogP contribution in [0.2, 0.25) is 0 Å². The van der Waals surface area contributed by atoms with Gasteiger partial charge in [0.1, 0.15) is 5.60 Å². The predicted molar refractivity (Wildman–Crippen MR) is 129 cm³/mol. The zero-order valence-corrected chi connectivity index (χ0v) is 19.9. The normalized spacial score (nSPS) is 14.5. The maximum absolute atomic E-state index is 13.0. The number of amides is 2. The number of imidazole rings is 1. The molecule has 3 aromatic rings. The molecular formula is C26H32N4O3. The van der Waals surface area contributed by atoms with E-state index in [2.05, 4.69) is 34.7 Å². The van der Waals surface area contributed by atoms with Gasteiger partial charge in [0, 0.05) is 38.3 Å². The molecule has 1 aliphatic heterocycles. The van der Waals surface area contributed by atoms with E-state index in [0.29, 0.717) is 31.7 Å². The molecule has 4 rings (SSSR count). The molecule has 0 bridgehead atoms. The summed E-state index contributed by atoms with van der Waals surface area (Å²) in [5.41, 5.74) is 4.37. The van der Waals surface area contributed by atoms with Crippen molar-refractivity contribution < 1.29 is 14.3 Å². The average molecular weight is 449 g/mol. The molecule has 1 aliphatic rings. The number of ether oxygens (including phenoxy) is 1. The molecule has 0 N–H and O–H groups in total. The van der Waals surface area contributed by atoms with Crippen LogP contribution < -0.4 is 0 Å². The number of rotatable bonds is 4. The third kappa shape index (κ3) is 5.18. The van der Waals surface area contributed by atoms with Crippen molar-refractivity contribution in [2.75, 3.05) is 26.2 Å². The summed E-state index contributed by atoms with van der Waals surface area (Å²) in [6.45, 7) is 10.6. The number of piperazine rings is 1. The summed E-state index contributed by atoms with van der Waals surface area (Å²) in [5.74, 6) is -0.0147. The summed E-state index contributed by atoms with van der Waals surface area (Å²) in [5, 5.41) is 0. The maximum atomic E-state index is 13.0. The van der Waals surface area contributed by atoms with Crippen LogP contribution in [0.4, 0.5) is 4.79 Å². The van der Waals surface area contributed by atoms with Crippen molar-refractivity contribution >= 4 is 23.0 Å². The van der Waals surface area contributed by atoms with Crippen LogP contribution in [0.15, 0.2) is 48.8 Å². The molecule has 1 saturated heterocycles. The molecule has 1 fully saturated rings. The molecule has 0 atom stereocenters. The second-order valence-corrected chi connectivity index (χ2v) is 9.48. The summed E-state index contributed by atoms with van der Waals surface area (Å²) in [7, 11) is 0. The van der Waals surface area contributed by atoms with Gasteiger partial charge in [-0.3, -0.25) is 4.79 Å². The van der Waals surface area contributed by atoms with Crippen LogP contribution in [0.25, 0.3) is 22.2 Å². The van der Waals surface area contributed by atoms with Gasteiger partial charge in [-0.15, -0.1) is 0 Å². The van der Waals surface area contributed by atoms with Gasteiger partial charge in [-0.25, -0.2) is 9.78 Å². The minimum absolute atomic E-state index is 0.0147. The largest absolute Gasteiger partial charge is 0.444 e. The number of carbonyl (C=O) groups is 2. The molecule has 0 unspecified atom stereocenters. The number of nitrogens with zero attached hydrogens (tertiary/aromatic N) is 4. The third-order valence-electron chi connectivity index (χ3n) is 5.77. The van der Waals surface area contributed by atoms with E-state index in [4.69, 9.17) is 4.74 Å². The van der Waals surface area contributed by atoms with Gasteiger partial charge in [0.05, 0.1) is 17.4 Å². The first-order valence-corrected chi connectivity index (χ1v) is 11.6. The minimum Gasteiger partial charge on any atom is -0.444 e. The van der Waals surface area contributed by atoms with E-state index < -0.39 is 5.60 Å². The Kier molecular flexibility index (Phi) is 6.40. The summed E-state index contributed by atoms with van der Waals surface area (Å²) in [6, 6.07) is 14.0. The zero-order chi connectivity index (χ0) is 23.6. The second kappa shape index (κ2) is 9.25. The molecule has 2 heterocycles. The molecule has 2 aromatic carbocycles. The molecule has 0 spiro atoms. The Labute approximate surface area is 195 Å². The highest BCUT2D eigenvalue weighted by Gasteiger charge is 2.28. The summed E-state index contributed by atoms with van der Waals surface area (Å²) in [6.07, 6.45) is 2.64. The predicted octanol–water partition coefficient (Wildman–Crippen LogP) is 4.81. The van der Waals surface area contributed by atoms with Crippen molar-refractivity contribution in [3.63, 3.8) is 0 Å². The Balaban J connectivity index is 1.40. The van der Waals surface area contributed by atoms with Crippen LogP contribution in [0.3, 0.4) is 0 Å². The molecular weight excluding hydrogens is 416 g/mol. The molecule has 7 heteroatoms. The van der Waals surface area contributed by atoms with E-state index >= 15 is 0 Å². The van der Waals surface area contributed by atoms with Crippen LogP contribution in [0.1, 0.15) is 44.5 Å². The van der Waals surface area contributed by atoms with E-state index in [9.17, 15) is 9.59 Å². The lowest BCUT2D eigenvalue weighted by molar-refractivity contribution is 0.0141. The quantitative estimate of drug-likeness (QED) is 0.575. The van der Waals surface area contributed by atoms with Gasteiger partial charge in [-0.05, 0) is 62.6 Å². The van der Waals surface area contributed by atoms with Gasteiger partial charge in [-0.2, -0.15) is 0 Å². The van der Waals surface area contributed by atoms with Crippen LogP contribution in [-0.2, 0) is 11.3 Å². The van der Waals surface area contributed by atoms with Crippen LogP contribution in [-0.4, -0.2) is 63.1 Å². The SMILES string of the molecule is CCCn1cnc2cc(-c3ccc(C(=O)N4CCN(C(=O)OC(C)(C)C)CC4)cc3)ccc21. The van der Waals surface area contributed by atoms with Crippen molar-refractivity contribution in [3.05, 3.63) is 54.4 Å². The summed E-state index contributed by atoms with van der Waals surface area (Å²) < 4.78 is 7.60. The lowest BCUT2D eigenvalue weighted by Gasteiger charge is -2.35. The lowest BCUT2D eigenvalue weighted by Crippen LogP contribution is -2.51. The van der Waals surface area contributed by atoms with E-state index in [0.717, 1.165) is 35.1 Å². The first kappa shape index (κ1) is 22.8. The monoisotopic (exact) mass is 448 g/mol. The Morgan fingerprint density at radius 3 is 2.21 bits per heavy atom. The van der Waals surface area contributed by atoms with Gasteiger partial charge in [0.2, 0.25) is 0 Å². The van der Waals surface area contributed by atoms with E-state index in [1.54, 1.807) is 9.80 Å². The molecule has 174 valence electrons. The van der Waals surface area contributed by atoms with Crippen molar-refractivity contribution in [2.45, 2.75) is 46.3 Å². The van der Waals surface area contributed by atoms with Crippen LogP contribution in [0.5, 0.6) is 0 Å². The minimum atomic E-state index is -0.522. The lowest BCUT2D eigenvalue weighted by atomic mass is 10.0. The molecule has 2 amide bonds. The van der Waals surface area contributed by atoms with Gasteiger partial charge < -0.3 is 19.1 Å². The Bertz CT molecular complexity index is 1140. The van der Waals surface area contributed by atoms with Crippen LogP contribution in [0, 0.1) is 0 Å². The van der Waals surface area contributed by atoms with Crippen molar-refractivity contribution in [1.82, 2.24) is 19.4 Å². The molecule has 0 radical (unpaired) electrons. The maximum Gasteiger partial charge on any atom is 0.410 e. The van der Waals surface area contributed by atoms with E-state index in [1.165, 1.54) is 0 Å². The number of carbonyl (C=O) groups excluding carboxylic acids is 2. The Hall–Kier alpha value is -3.35. The van der Waals surface area contributed by atoms with Crippen molar-refractivity contribution in [3.8, 4) is 11.1 Å². The third-order valence-corrected chi connectivity index (χ3v) is 5.77. The summed E-state index contributed by atoms with van der Waals surface area (Å²) >= 11 is 0. The molecule has 0 aliphatic carbocycles. The van der Waals surface area contributed by atoms with E-state index in [1.807, 2.05) is 51.4 Å². The summed E-state index contributed by atoms with van der Waals surface area (Å²) in [4.78, 5) is 33.2. The number of hydrogen-bond donors (Lipinski definition) is 0. The number of aromatic nitrogens is 2. The Morgan fingerprint density at radius 2 is 1.58 bits per heavy atom. The second-order valence-electron chi connectivity index (χ2n) is 9.48. The highest BCUT2D eigenvalue weighted by molar-refractivity contribution is 5.95.